The van der Waals surface area contributed by atoms with E-state index < -0.39 is 18.1 Å². The van der Waals surface area contributed by atoms with Crippen LogP contribution in [-0.2, 0) is 14.4 Å². The van der Waals surface area contributed by atoms with E-state index in [1.807, 2.05) is 0 Å². The van der Waals surface area contributed by atoms with E-state index >= 15 is 0 Å². The Bertz CT molecular complexity index is 640. The fraction of sp³-hybridized carbons (Fsp3) is 0.792. The van der Waals surface area contributed by atoms with Crippen molar-refractivity contribution in [3.8, 4) is 0 Å². The van der Waals surface area contributed by atoms with E-state index in [0.717, 1.165) is 45.4 Å². The van der Waals surface area contributed by atoms with E-state index in [0.29, 0.717) is 51.9 Å². The van der Waals surface area contributed by atoms with E-state index in [-0.39, 0.29) is 23.7 Å². The number of carbonyl (C=O) groups excluding carboxylic acids is 2. The molecule has 0 heterocycles. The molecular formula is C24H52N10O4. The molecule has 14 heteroatoms. The fourth-order valence-corrected chi connectivity index (χ4v) is 3.30. The van der Waals surface area contributed by atoms with Gasteiger partial charge >= 0.3 is 0 Å². The number of rotatable bonds is 21. The van der Waals surface area contributed by atoms with Gasteiger partial charge in [0.25, 0.3) is 5.97 Å². The quantitative estimate of drug-likeness (QED) is 0.0492. The molecule has 0 aromatic heterocycles. The second kappa shape index (κ2) is 25.5. The molecule has 222 valence electrons. The van der Waals surface area contributed by atoms with Gasteiger partial charge < -0.3 is 50.1 Å². The van der Waals surface area contributed by atoms with Gasteiger partial charge in [0.1, 0.15) is 0 Å². The van der Waals surface area contributed by atoms with Gasteiger partial charge in [0.05, 0.1) is 12.1 Å². The predicted molar refractivity (Wildman–Crippen MR) is 152 cm³/mol. The van der Waals surface area contributed by atoms with Gasteiger partial charge in [0.15, 0.2) is 11.9 Å². The molecule has 14 nitrogen and oxygen atoms in total. The van der Waals surface area contributed by atoms with Crippen LogP contribution < -0.4 is 45.0 Å². The summed E-state index contributed by atoms with van der Waals surface area (Å²) in [6.45, 7) is 3.34. The first-order valence-electron chi connectivity index (χ1n) is 13.3. The Hall–Kier alpha value is -3.13. The zero-order chi connectivity index (χ0) is 29.2. The van der Waals surface area contributed by atoms with Crippen LogP contribution in [0.25, 0.3) is 0 Å². The molecule has 0 aromatic carbocycles. The third-order valence-corrected chi connectivity index (χ3v) is 5.31. The molecule has 0 aliphatic heterocycles. The van der Waals surface area contributed by atoms with Crippen molar-refractivity contribution in [2.24, 2.45) is 44.4 Å². The molecule has 2 atom stereocenters. The highest BCUT2D eigenvalue weighted by molar-refractivity contribution is 5.81. The zero-order valence-electron chi connectivity index (χ0n) is 23.0. The van der Waals surface area contributed by atoms with Gasteiger partial charge in [-0.05, 0) is 38.5 Å². The highest BCUT2D eigenvalue weighted by Crippen LogP contribution is 2.08. The number of aliphatic carboxylic acids is 1. The standard InChI is InChI=1S/C22H48N10O2.C2H4O2/c23-17(11-9-15-31-21(25)26)19(33)29-13-7-5-3-1-2-4-6-8-14-30-20(34)18(24)12-10-16-32-22(27)28;1-2(3)4/h17-18H,1-16,23-24H2,(H,29,33)(H,30,34)(H4,25,26,31)(H4,27,28,32);1H3,(H,3,4). The van der Waals surface area contributed by atoms with Gasteiger partial charge in [0, 0.05) is 33.1 Å². The number of nitrogens with two attached hydrogens (primary N) is 6. The predicted octanol–water partition coefficient (Wildman–Crippen LogP) is -0.808. The van der Waals surface area contributed by atoms with E-state index in [1.54, 1.807) is 0 Å². The summed E-state index contributed by atoms with van der Waals surface area (Å²) in [5.74, 6) is -0.972. The number of guanidine groups is 2. The molecule has 0 spiro atoms. The van der Waals surface area contributed by atoms with Gasteiger partial charge in [-0.1, -0.05) is 38.5 Å². The van der Waals surface area contributed by atoms with Crippen molar-refractivity contribution >= 4 is 29.7 Å². The van der Waals surface area contributed by atoms with E-state index in [4.69, 9.17) is 44.3 Å². The third-order valence-electron chi connectivity index (χ3n) is 5.31. The number of carbonyl (C=O) groups is 3. The summed E-state index contributed by atoms with van der Waals surface area (Å²) < 4.78 is 0. The largest absolute Gasteiger partial charge is 0.481 e. The number of nitrogens with one attached hydrogen (secondary N) is 2. The van der Waals surface area contributed by atoms with Gasteiger partial charge in [-0.2, -0.15) is 0 Å². The molecule has 0 aliphatic rings. The SMILES string of the molecule is CC(=O)O.NC(N)=NCCCC(N)C(=O)NCCCCCCCCCCNC(=O)C(N)CCCN=C(N)N. The Kier molecular flexibility index (Phi) is 24.9. The minimum atomic E-state index is -0.833. The maximum Gasteiger partial charge on any atom is 0.300 e. The molecular weight excluding hydrogens is 492 g/mol. The van der Waals surface area contributed by atoms with Crippen molar-refractivity contribution in [3.63, 3.8) is 0 Å². The van der Waals surface area contributed by atoms with Crippen molar-refractivity contribution in [2.45, 2.75) is 96.1 Å². The van der Waals surface area contributed by atoms with Gasteiger partial charge in [-0.15, -0.1) is 0 Å². The third kappa shape index (κ3) is 29.1. The van der Waals surface area contributed by atoms with Crippen LogP contribution in [0.5, 0.6) is 0 Å². The number of nitrogens with zero attached hydrogens (tertiary/aromatic N) is 2. The number of amides is 2. The topological polar surface area (TPSA) is 276 Å². The molecule has 0 aromatic rings. The van der Waals surface area contributed by atoms with Gasteiger partial charge in [-0.25, -0.2) is 0 Å². The van der Waals surface area contributed by atoms with Crippen LogP contribution in [0.1, 0.15) is 84.0 Å². The van der Waals surface area contributed by atoms with Crippen LogP contribution >= 0.6 is 0 Å². The summed E-state index contributed by atoms with van der Waals surface area (Å²) in [6.07, 6.45) is 11.2. The number of aliphatic imine (C=N–C) groups is 2. The first-order chi connectivity index (χ1) is 18.0. The van der Waals surface area contributed by atoms with E-state index in [1.165, 1.54) is 12.8 Å². The molecule has 0 radical (unpaired) electrons. The van der Waals surface area contributed by atoms with Crippen LogP contribution in [0.2, 0.25) is 0 Å². The number of hydrogen-bond acceptors (Lipinski definition) is 7. The van der Waals surface area contributed by atoms with Crippen molar-refractivity contribution in [1.82, 2.24) is 10.6 Å². The molecule has 0 saturated heterocycles. The number of carboxylic acids is 1. The minimum Gasteiger partial charge on any atom is -0.481 e. The van der Waals surface area contributed by atoms with E-state index in [9.17, 15) is 9.59 Å². The first-order valence-corrected chi connectivity index (χ1v) is 13.3. The van der Waals surface area contributed by atoms with Crippen LogP contribution in [-0.4, -0.2) is 73.1 Å². The Morgan fingerprint density at radius 3 is 1.21 bits per heavy atom. The smallest absolute Gasteiger partial charge is 0.300 e. The average molecular weight is 545 g/mol. The Labute approximate surface area is 226 Å². The average Bonchev–Trinajstić information content (AvgIpc) is 2.83. The van der Waals surface area contributed by atoms with E-state index in [2.05, 4.69) is 20.6 Å². The highest BCUT2D eigenvalue weighted by atomic mass is 16.4. The van der Waals surface area contributed by atoms with Gasteiger partial charge in [0.2, 0.25) is 11.8 Å². The maximum atomic E-state index is 11.9. The van der Waals surface area contributed by atoms with Crippen molar-refractivity contribution < 1.29 is 19.5 Å². The van der Waals surface area contributed by atoms with Crippen LogP contribution in [0.3, 0.4) is 0 Å². The zero-order valence-corrected chi connectivity index (χ0v) is 23.0. The molecule has 0 saturated carbocycles. The number of carboxylic acid groups (broad SMARTS) is 1. The molecule has 0 rings (SSSR count). The Morgan fingerprint density at radius 1 is 0.632 bits per heavy atom. The summed E-state index contributed by atoms with van der Waals surface area (Å²) in [5, 5.41) is 13.2. The normalized spacial score (nSPS) is 11.8. The fourth-order valence-electron chi connectivity index (χ4n) is 3.30. The van der Waals surface area contributed by atoms with Gasteiger partial charge in [-0.3, -0.25) is 24.4 Å². The van der Waals surface area contributed by atoms with Crippen molar-refractivity contribution in [1.29, 1.82) is 0 Å². The van der Waals surface area contributed by atoms with Crippen LogP contribution in [0.4, 0.5) is 0 Å². The Balaban J connectivity index is 0. The first kappa shape index (κ1) is 37.0. The Morgan fingerprint density at radius 2 is 0.921 bits per heavy atom. The molecule has 0 fully saturated rings. The lowest BCUT2D eigenvalue weighted by Gasteiger charge is -2.12. The lowest BCUT2D eigenvalue weighted by molar-refractivity contribution is -0.134. The summed E-state index contributed by atoms with van der Waals surface area (Å²) in [5.41, 5.74) is 32.7. The highest BCUT2D eigenvalue weighted by Gasteiger charge is 2.12. The second-order valence-corrected chi connectivity index (χ2v) is 9.04. The lowest BCUT2D eigenvalue weighted by atomic mass is 10.1. The maximum absolute atomic E-state index is 11.9. The molecule has 2 unspecified atom stereocenters. The molecule has 15 N–H and O–H groups in total. The summed E-state index contributed by atoms with van der Waals surface area (Å²) >= 11 is 0. The number of unbranched alkanes of at least 4 members (excludes halogenated alkanes) is 7. The van der Waals surface area contributed by atoms with Crippen molar-refractivity contribution in [2.75, 3.05) is 26.2 Å². The lowest BCUT2D eigenvalue weighted by Crippen LogP contribution is -2.41. The molecule has 0 bridgehead atoms. The monoisotopic (exact) mass is 544 g/mol. The molecule has 2 amide bonds. The molecule has 38 heavy (non-hydrogen) atoms. The minimum absolute atomic E-state index is 0.0521. The summed E-state index contributed by atoms with van der Waals surface area (Å²) in [4.78, 5) is 40.6. The van der Waals surface area contributed by atoms with Crippen LogP contribution in [0.15, 0.2) is 9.98 Å². The van der Waals surface area contributed by atoms with Crippen molar-refractivity contribution in [3.05, 3.63) is 0 Å². The molecule has 0 aliphatic carbocycles. The number of hydrogen-bond donors (Lipinski definition) is 9. The van der Waals surface area contributed by atoms with Crippen LogP contribution in [0, 0.1) is 0 Å². The summed E-state index contributed by atoms with van der Waals surface area (Å²) in [6, 6.07) is -1.05. The second-order valence-electron chi connectivity index (χ2n) is 9.04. The summed E-state index contributed by atoms with van der Waals surface area (Å²) in [7, 11) is 0.